The quantitative estimate of drug-likeness (QED) is 0.914. The molecule has 100 valence electrons. The normalized spacial score (nSPS) is 10.4. The fourth-order valence-corrected chi connectivity index (χ4v) is 3.64. The Hall–Kier alpha value is -1.60. The Kier molecular flexibility index (Phi) is 4.39. The van der Waals surface area contributed by atoms with Crippen molar-refractivity contribution < 1.29 is 14.6 Å². The Morgan fingerprint density at radius 2 is 2.37 bits per heavy atom. The number of aryl methyl sites for hydroxylation is 1. The van der Waals surface area contributed by atoms with Crippen molar-refractivity contribution in [3.05, 3.63) is 28.9 Å². The molecule has 19 heavy (non-hydrogen) atoms. The highest BCUT2D eigenvalue weighted by molar-refractivity contribution is 8.01. The molecule has 0 unspecified atom stereocenters. The highest BCUT2D eigenvalue weighted by Gasteiger charge is 2.14. The van der Waals surface area contributed by atoms with Crippen LogP contribution in [0.4, 0.5) is 0 Å². The van der Waals surface area contributed by atoms with Gasteiger partial charge in [0, 0.05) is 11.1 Å². The van der Waals surface area contributed by atoms with Crippen LogP contribution >= 0.6 is 23.1 Å². The highest BCUT2D eigenvalue weighted by atomic mass is 32.2. The molecule has 0 fully saturated rings. The molecule has 0 aliphatic carbocycles. The summed E-state index contributed by atoms with van der Waals surface area (Å²) in [5.74, 6) is -0.168. The van der Waals surface area contributed by atoms with Crippen molar-refractivity contribution in [1.29, 1.82) is 0 Å². The van der Waals surface area contributed by atoms with Gasteiger partial charge in [-0.1, -0.05) is 0 Å². The zero-order chi connectivity index (χ0) is 13.8. The number of aliphatic carboxylic acids is 1. The minimum absolute atomic E-state index is 0.00339. The third-order valence-electron chi connectivity index (χ3n) is 2.32. The molecular weight excluding hydrogens is 284 g/mol. The number of ether oxygens (including phenoxy) is 1. The SMILES string of the molecule is COc1cccnc1Sc1nc(C)c(CC(=O)O)s1. The van der Waals surface area contributed by atoms with Gasteiger partial charge in [0.05, 0.1) is 19.2 Å². The highest BCUT2D eigenvalue weighted by Crippen LogP contribution is 2.36. The van der Waals surface area contributed by atoms with E-state index < -0.39 is 5.97 Å². The molecule has 0 aliphatic heterocycles. The lowest BCUT2D eigenvalue weighted by atomic mass is 10.3. The second kappa shape index (κ2) is 6.03. The van der Waals surface area contributed by atoms with Gasteiger partial charge in [-0.25, -0.2) is 9.97 Å². The summed E-state index contributed by atoms with van der Waals surface area (Å²) in [5.41, 5.74) is 0.754. The molecule has 2 aromatic rings. The Labute approximate surface area is 118 Å². The molecule has 0 spiro atoms. The van der Waals surface area contributed by atoms with E-state index in [4.69, 9.17) is 9.84 Å². The predicted molar refractivity (Wildman–Crippen MR) is 73.1 cm³/mol. The van der Waals surface area contributed by atoms with Crippen molar-refractivity contribution in [1.82, 2.24) is 9.97 Å². The van der Waals surface area contributed by atoms with Gasteiger partial charge in [-0.15, -0.1) is 11.3 Å². The first-order chi connectivity index (χ1) is 9.10. The number of rotatable bonds is 5. The monoisotopic (exact) mass is 296 g/mol. The summed E-state index contributed by atoms with van der Waals surface area (Å²) in [6.07, 6.45) is 1.69. The van der Waals surface area contributed by atoms with E-state index in [9.17, 15) is 4.79 Å². The van der Waals surface area contributed by atoms with Gasteiger partial charge in [-0.2, -0.15) is 0 Å². The van der Waals surface area contributed by atoms with Crippen molar-refractivity contribution in [2.24, 2.45) is 0 Å². The molecule has 0 aromatic carbocycles. The van der Waals surface area contributed by atoms with Crippen molar-refractivity contribution in [3.63, 3.8) is 0 Å². The van der Waals surface area contributed by atoms with E-state index in [1.54, 1.807) is 19.4 Å². The van der Waals surface area contributed by atoms with Crippen molar-refractivity contribution in [2.75, 3.05) is 7.11 Å². The zero-order valence-electron chi connectivity index (χ0n) is 10.4. The number of carboxylic acid groups (broad SMARTS) is 1. The smallest absolute Gasteiger partial charge is 0.308 e. The number of aromatic nitrogens is 2. The summed E-state index contributed by atoms with van der Waals surface area (Å²) >= 11 is 2.76. The van der Waals surface area contributed by atoms with Crippen molar-refractivity contribution in [2.45, 2.75) is 22.7 Å². The Bertz CT molecular complexity index is 598. The first-order valence-electron chi connectivity index (χ1n) is 5.45. The summed E-state index contributed by atoms with van der Waals surface area (Å²) < 4.78 is 5.99. The summed E-state index contributed by atoms with van der Waals surface area (Å²) in [6, 6.07) is 3.62. The number of hydrogen-bond acceptors (Lipinski definition) is 6. The Morgan fingerprint density at radius 1 is 1.58 bits per heavy atom. The molecular formula is C12H12N2O3S2. The fourth-order valence-electron chi connectivity index (χ4n) is 1.44. The second-order valence-electron chi connectivity index (χ2n) is 3.67. The van der Waals surface area contributed by atoms with Gasteiger partial charge in [-0.3, -0.25) is 4.79 Å². The van der Waals surface area contributed by atoms with Crippen LogP contribution in [0.1, 0.15) is 10.6 Å². The van der Waals surface area contributed by atoms with Crippen LogP contribution in [0.3, 0.4) is 0 Å². The van der Waals surface area contributed by atoms with Crippen LogP contribution in [-0.2, 0) is 11.2 Å². The molecule has 1 N–H and O–H groups in total. The maximum Gasteiger partial charge on any atom is 0.308 e. The van der Waals surface area contributed by atoms with Gasteiger partial charge >= 0.3 is 5.97 Å². The third-order valence-corrected chi connectivity index (χ3v) is 4.54. The van der Waals surface area contributed by atoms with E-state index in [0.717, 1.165) is 19.9 Å². The summed E-state index contributed by atoms with van der Waals surface area (Å²) in [5, 5.41) is 9.54. The van der Waals surface area contributed by atoms with Crippen molar-refractivity contribution in [3.8, 4) is 5.75 Å². The third kappa shape index (κ3) is 3.45. The molecule has 5 nitrogen and oxygen atoms in total. The van der Waals surface area contributed by atoms with E-state index in [-0.39, 0.29) is 6.42 Å². The molecule has 0 saturated carbocycles. The first kappa shape index (κ1) is 13.8. The minimum atomic E-state index is -0.848. The largest absolute Gasteiger partial charge is 0.494 e. The molecule has 0 bridgehead atoms. The first-order valence-corrected chi connectivity index (χ1v) is 7.08. The maximum absolute atomic E-state index is 10.7. The van der Waals surface area contributed by atoms with Crippen LogP contribution in [0, 0.1) is 6.92 Å². The summed E-state index contributed by atoms with van der Waals surface area (Å²) in [6.45, 7) is 1.81. The topological polar surface area (TPSA) is 72.3 Å². The van der Waals surface area contributed by atoms with Crippen LogP contribution in [0.2, 0.25) is 0 Å². The lowest BCUT2D eigenvalue weighted by Crippen LogP contribution is -1.99. The van der Waals surface area contributed by atoms with Crippen LogP contribution in [0.25, 0.3) is 0 Å². The van der Waals surface area contributed by atoms with E-state index >= 15 is 0 Å². The zero-order valence-corrected chi connectivity index (χ0v) is 12.0. The summed E-state index contributed by atoms with van der Waals surface area (Å²) in [7, 11) is 1.59. The Balaban J connectivity index is 2.21. The van der Waals surface area contributed by atoms with E-state index in [1.165, 1.54) is 23.1 Å². The number of carboxylic acids is 1. The standard InChI is InChI=1S/C12H12N2O3S2/c1-7-9(6-10(15)16)18-12(14-7)19-11-8(17-2)4-3-5-13-11/h3-5H,6H2,1-2H3,(H,15,16). The Morgan fingerprint density at radius 3 is 3.05 bits per heavy atom. The van der Waals surface area contributed by atoms with Crippen LogP contribution in [-0.4, -0.2) is 28.2 Å². The van der Waals surface area contributed by atoms with Crippen molar-refractivity contribution >= 4 is 29.1 Å². The maximum atomic E-state index is 10.7. The average Bonchev–Trinajstić information content (AvgIpc) is 2.69. The van der Waals surface area contributed by atoms with Gasteiger partial charge < -0.3 is 9.84 Å². The molecule has 2 heterocycles. The molecule has 0 atom stereocenters. The number of pyridine rings is 1. The van der Waals surface area contributed by atoms with Gasteiger partial charge in [-0.05, 0) is 30.8 Å². The lowest BCUT2D eigenvalue weighted by Gasteiger charge is -2.03. The van der Waals surface area contributed by atoms with E-state index in [1.807, 2.05) is 13.0 Å². The molecule has 0 saturated heterocycles. The number of nitrogens with zero attached hydrogens (tertiary/aromatic N) is 2. The van der Waals surface area contributed by atoms with Gasteiger partial charge in [0.2, 0.25) is 0 Å². The molecule has 0 aliphatic rings. The van der Waals surface area contributed by atoms with E-state index in [2.05, 4.69) is 9.97 Å². The van der Waals surface area contributed by atoms with Crippen LogP contribution in [0.15, 0.2) is 27.7 Å². The van der Waals surface area contributed by atoms with Gasteiger partial charge in [0.1, 0.15) is 5.03 Å². The van der Waals surface area contributed by atoms with Gasteiger partial charge in [0.25, 0.3) is 0 Å². The number of thiazole rings is 1. The molecule has 2 aromatic heterocycles. The number of carbonyl (C=O) groups is 1. The average molecular weight is 296 g/mol. The van der Waals surface area contributed by atoms with Gasteiger partial charge in [0.15, 0.2) is 10.1 Å². The van der Waals surface area contributed by atoms with Crippen LogP contribution < -0.4 is 4.74 Å². The molecule has 0 amide bonds. The minimum Gasteiger partial charge on any atom is -0.494 e. The van der Waals surface area contributed by atoms with Crippen LogP contribution in [0.5, 0.6) is 5.75 Å². The molecule has 2 rings (SSSR count). The molecule has 0 radical (unpaired) electrons. The summed E-state index contributed by atoms with van der Waals surface area (Å²) in [4.78, 5) is 20.1. The predicted octanol–water partition coefficient (Wildman–Crippen LogP) is 2.63. The second-order valence-corrected chi connectivity index (χ2v) is 5.99. The number of hydrogen-bond donors (Lipinski definition) is 1. The lowest BCUT2D eigenvalue weighted by molar-refractivity contribution is -0.136. The fraction of sp³-hybridized carbons (Fsp3) is 0.250. The molecule has 7 heteroatoms. The van der Waals surface area contributed by atoms with E-state index in [0.29, 0.717) is 5.75 Å². The number of methoxy groups -OCH3 is 1.